The Hall–Kier alpha value is -2.22. The number of fused-ring (bicyclic) bond motifs is 4. The van der Waals surface area contributed by atoms with Crippen molar-refractivity contribution in [3.05, 3.63) is 68.8 Å². The summed E-state index contributed by atoms with van der Waals surface area (Å²) in [6.07, 6.45) is 2.75. The second kappa shape index (κ2) is 5.39. The summed E-state index contributed by atoms with van der Waals surface area (Å²) in [4.78, 5) is 25.2. The molecule has 0 heterocycles. The number of Topliss-reactive ketones (excluding diaryl/α,β-unsaturated/α-hetero) is 2. The Morgan fingerprint density at radius 1 is 0.640 bits per heavy atom. The van der Waals surface area contributed by atoms with Gasteiger partial charge in [-0.3, -0.25) is 9.59 Å². The maximum Gasteiger partial charge on any atom is 0.163 e. The lowest BCUT2D eigenvalue weighted by atomic mass is 9.59. The number of benzene rings is 2. The van der Waals surface area contributed by atoms with Gasteiger partial charge in [0.2, 0.25) is 0 Å². The molecular formula is C23H24O2. The van der Waals surface area contributed by atoms with Gasteiger partial charge in [0.25, 0.3) is 0 Å². The first-order chi connectivity index (χ1) is 11.8. The van der Waals surface area contributed by atoms with E-state index in [2.05, 4.69) is 52.0 Å². The molecule has 0 amide bonds. The Morgan fingerprint density at radius 2 is 1.00 bits per heavy atom. The van der Waals surface area contributed by atoms with Gasteiger partial charge in [0.15, 0.2) is 11.6 Å². The number of carbonyl (C=O) groups excluding carboxylic acids is 2. The lowest BCUT2D eigenvalue weighted by Gasteiger charge is -2.43. The van der Waals surface area contributed by atoms with E-state index < -0.39 is 0 Å². The maximum absolute atomic E-state index is 12.6. The standard InChI is InChI=1S/C23H24O2/c1-13-9-17-19(11-15(13)3)23(7-5-21(17)24)8-6-22(25)18-10-14(2)16(4)12-20(18)23/h9-12H,5-8H2,1-4H3. The van der Waals surface area contributed by atoms with Crippen LogP contribution in [-0.4, -0.2) is 11.6 Å². The summed E-state index contributed by atoms with van der Waals surface area (Å²) in [7, 11) is 0. The first-order valence-corrected chi connectivity index (χ1v) is 9.13. The molecule has 0 aliphatic heterocycles. The number of hydrogen-bond acceptors (Lipinski definition) is 2. The molecule has 2 nitrogen and oxygen atoms in total. The molecule has 0 aromatic heterocycles. The third kappa shape index (κ3) is 2.23. The van der Waals surface area contributed by atoms with E-state index in [1.165, 1.54) is 11.1 Å². The molecule has 0 unspecified atom stereocenters. The third-order valence-corrected chi connectivity index (χ3v) is 6.46. The van der Waals surface area contributed by atoms with Crippen LogP contribution in [0.2, 0.25) is 0 Å². The minimum Gasteiger partial charge on any atom is -0.294 e. The fourth-order valence-electron chi connectivity index (χ4n) is 4.62. The van der Waals surface area contributed by atoms with E-state index in [1.54, 1.807) is 0 Å². The third-order valence-electron chi connectivity index (χ3n) is 6.46. The van der Waals surface area contributed by atoms with Crippen molar-refractivity contribution in [2.24, 2.45) is 0 Å². The molecule has 0 radical (unpaired) electrons. The van der Waals surface area contributed by atoms with Crippen LogP contribution in [0.4, 0.5) is 0 Å². The van der Waals surface area contributed by atoms with E-state index in [0.29, 0.717) is 12.8 Å². The van der Waals surface area contributed by atoms with Crippen LogP contribution < -0.4 is 0 Å². The molecule has 0 bridgehead atoms. The van der Waals surface area contributed by atoms with Crippen molar-refractivity contribution in [2.75, 3.05) is 0 Å². The normalized spacial score (nSPS) is 18.2. The van der Waals surface area contributed by atoms with Gasteiger partial charge in [0, 0.05) is 29.4 Å². The zero-order valence-corrected chi connectivity index (χ0v) is 15.5. The second-order valence-corrected chi connectivity index (χ2v) is 7.89. The molecule has 25 heavy (non-hydrogen) atoms. The zero-order valence-electron chi connectivity index (χ0n) is 15.5. The van der Waals surface area contributed by atoms with Crippen molar-refractivity contribution in [1.29, 1.82) is 0 Å². The molecule has 2 aliphatic carbocycles. The number of rotatable bonds is 0. The van der Waals surface area contributed by atoms with Crippen LogP contribution in [0.1, 0.15) is 79.8 Å². The molecule has 4 rings (SSSR count). The predicted octanol–water partition coefficient (Wildman–Crippen LogP) is 5.16. The molecule has 0 atom stereocenters. The molecule has 0 fully saturated rings. The number of carbonyl (C=O) groups is 2. The van der Waals surface area contributed by atoms with Crippen LogP contribution in [0.5, 0.6) is 0 Å². The summed E-state index contributed by atoms with van der Waals surface area (Å²) in [6.45, 7) is 8.35. The van der Waals surface area contributed by atoms with Crippen molar-refractivity contribution in [3.63, 3.8) is 0 Å². The van der Waals surface area contributed by atoms with E-state index in [-0.39, 0.29) is 17.0 Å². The monoisotopic (exact) mass is 332 g/mol. The highest BCUT2D eigenvalue weighted by Gasteiger charge is 2.45. The summed E-state index contributed by atoms with van der Waals surface area (Å²) >= 11 is 0. The summed E-state index contributed by atoms with van der Waals surface area (Å²) < 4.78 is 0. The van der Waals surface area contributed by atoms with Crippen LogP contribution in [0.15, 0.2) is 24.3 Å². The molecule has 2 heteroatoms. The molecule has 128 valence electrons. The number of ketones is 2. The van der Waals surface area contributed by atoms with Gasteiger partial charge in [0.05, 0.1) is 0 Å². The van der Waals surface area contributed by atoms with Gasteiger partial charge in [-0.05, 0) is 86.1 Å². The van der Waals surface area contributed by atoms with Crippen molar-refractivity contribution >= 4 is 11.6 Å². The molecule has 0 saturated carbocycles. The minimum atomic E-state index is -0.191. The van der Waals surface area contributed by atoms with Crippen molar-refractivity contribution < 1.29 is 9.59 Å². The number of hydrogen-bond donors (Lipinski definition) is 0. The summed E-state index contributed by atoms with van der Waals surface area (Å²) in [6, 6.07) is 8.53. The van der Waals surface area contributed by atoms with Crippen LogP contribution in [0.3, 0.4) is 0 Å². The van der Waals surface area contributed by atoms with Crippen LogP contribution >= 0.6 is 0 Å². The van der Waals surface area contributed by atoms with Crippen LogP contribution in [0, 0.1) is 27.7 Å². The Bertz CT molecular complexity index is 856. The Labute approximate surface area is 149 Å². The van der Waals surface area contributed by atoms with E-state index in [4.69, 9.17) is 0 Å². The molecule has 1 spiro atoms. The lowest BCUT2D eigenvalue weighted by Crippen LogP contribution is -2.39. The quantitative estimate of drug-likeness (QED) is 0.668. The Balaban J connectivity index is 2.05. The van der Waals surface area contributed by atoms with Gasteiger partial charge in [-0.1, -0.05) is 12.1 Å². The Kier molecular flexibility index (Phi) is 3.50. The van der Waals surface area contributed by atoms with E-state index in [0.717, 1.165) is 46.2 Å². The van der Waals surface area contributed by atoms with Gasteiger partial charge >= 0.3 is 0 Å². The van der Waals surface area contributed by atoms with Gasteiger partial charge in [-0.25, -0.2) is 0 Å². The predicted molar refractivity (Wildman–Crippen MR) is 99.7 cm³/mol. The molecule has 2 aromatic carbocycles. The van der Waals surface area contributed by atoms with Gasteiger partial charge in [-0.15, -0.1) is 0 Å². The summed E-state index contributed by atoms with van der Waals surface area (Å²) in [5, 5.41) is 0. The smallest absolute Gasteiger partial charge is 0.163 e. The molecule has 0 N–H and O–H groups in total. The van der Waals surface area contributed by atoms with Crippen molar-refractivity contribution in [1.82, 2.24) is 0 Å². The molecule has 2 aromatic rings. The summed E-state index contributed by atoms with van der Waals surface area (Å²) in [5.41, 5.74) is 8.59. The highest BCUT2D eigenvalue weighted by Crippen LogP contribution is 2.50. The summed E-state index contributed by atoms with van der Waals surface area (Å²) in [5.74, 6) is 0.483. The fraction of sp³-hybridized carbons (Fsp3) is 0.391. The zero-order chi connectivity index (χ0) is 17.9. The van der Waals surface area contributed by atoms with E-state index in [9.17, 15) is 9.59 Å². The Morgan fingerprint density at radius 3 is 1.40 bits per heavy atom. The second-order valence-electron chi connectivity index (χ2n) is 7.89. The first-order valence-electron chi connectivity index (χ1n) is 9.13. The average molecular weight is 332 g/mol. The number of aryl methyl sites for hydroxylation is 4. The highest BCUT2D eigenvalue weighted by atomic mass is 16.1. The van der Waals surface area contributed by atoms with Crippen molar-refractivity contribution in [3.8, 4) is 0 Å². The van der Waals surface area contributed by atoms with Gasteiger partial charge < -0.3 is 0 Å². The molecule has 2 aliphatic rings. The fourth-order valence-corrected chi connectivity index (χ4v) is 4.62. The van der Waals surface area contributed by atoms with E-state index in [1.807, 2.05) is 0 Å². The molecular weight excluding hydrogens is 308 g/mol. The lowest BCUT2D eigenvalue weighted by molar-refractivity contribution is 0.0932. The largest absolute Gasteiger partial charge is 0.294 e. The van der Waals surface area contributed by atoms with Gasteiger partial charge in [0.1, 0.15) is 0 Å². The van der Waals surface area contributed by atoms with Crippen LogP contribution in [-0.2, 0) is 5.41 Å². The van der Waals surface area contributed by atoms with Gasteiger partial charge in [-0.2, -0.15) is 0 Å². The SMILES string of the molecule is Cc1cc2c(cc1C)C1(CCC2=O)CCC(=O)c2cc(C)c(C)cc21. The average Bonchev–Trinajstić information content (AvgIpc) is 2.58. The van der Waals surface area contributed by atoms with Crippen LogP contribution in [0.25, 0.3) is 0 Å². The topological polar surface area (TPSA) is 34.1 Å². The van der Waals surface area contributed by atoms with Crippen molar-refractivity contribution in [2.45, 2.75) is 58.8 Å². The first kappa shape index (κ1) is 16.3. The minimum absolute atomic E-state index is 0.191. The van der Waals surface area contributed by atoms with E-state index >= 15 is 0 Å². The maximum atomic E-state index is 12.6. The molecule has 0 saturated heterocycles. The highest BCUT2D eigenvalue weighted by molar-refractivity contribution is 6.03.